The van der Waals surface area contributed by atoms with Crippen molar-refractivity contribution < 1.29 is 78.7 Å². The molecule has 2 aliphatic rings. The van der Waals surface area contributed by atoms with Crippen LogP contribution in [0.5, 0.6) is 5.75 Å². The van der Waals surface area contributed by atoms with Crippen LogP contribution >= 0.6 is 11.6 Å². The summed E-state index contributed by atoms with van der Waals surface area (Å²) in [5, 5.41) is 22.0. The summed E-state index contributed by atoms with van der Waals surface area (Å²) in [6.07, 6.45) is -7.89. The summed E-state index contributed by atoms with van der Waals surface area (Å²) in [6, 6.07) is 5.90. The summed E-state index contributed by atoms with van der Waals surface area (Å²) in [5.41, 5.74) is 1.25. The number of carbonyl (C=O) groups is 3. The molecule has 0 bridgehead atoms. The minimum Gasteiger partial charge on any atom is -0.492 e. The zero-order valence-corrected chi connectivity index (χ0v) is 23.1. The van der Waals surface area contributed by atoms with E-state index in [1.165, 1.54) is 5.56 Å². The maximum atomic E-state index is 10.6. The zero-order valence-electron chi connectivity index (χ0n) is 22.3. The molecule has 45 heavy (non-hydrogen) atoms. The van der Waals surface area contributed by atoms with Crippen LogP contribution < -0.4 is 4.74 Å². The molecule has 0 aromatic carbocycles. The summed E-state index contributed by atoms with van der Waals surface area (Å²) in [5.74, 6) is -6.62. The number of alkyl halides is 9. The Morgan fingerprint density at radius 2 is 1.42 bits per heavy atom. The normalized spacial score (nSPS) is 19.4. The summed E-state index contributed by atoms with van der Waals surface area (Å²) in [6.45, 7) is 4.36. The van der Waals surface area contributed by atoms with E-state index in [1.54, 1.807) is 18.5 Å². The van der Waals surface area contributed by atoms with Gasteiger partial charge in [0, 0.05) is 56.1 Å². The van der Waals surface area contributed by atoms with E-state index in [4.69, 9.17) is 50.8 Å². The lowest BCUT2D eigenvalue weighted by Crippen LogP contribution is -2.26. The Kier molecular flexibility index (Phi) is 14.7. The van der Waals surface area contributed by atoms with E-state index >= 15 is 0 Å². The molecule has 2 aromatic rings. The molecule has 4 rings (SSSR count). The van der Waals surface area contributed by atoms with Crippen LogP contribution in [0.25, 0.3) is 0 Å². The number of aromatic nitrogens is 2. The Balaban J connectivity index is 0.000000396. The van der Waals surface area contributed by atoms with Gasteiger partial charge in [-0.25, -0.2) is 14.4 Å². The third kappa shape index (κ3) is 15.1. The lowest BCUT2D eigenvalue weighted by Gasteiger charge is -2.19. The first-order chi connectivity index (χ1) is 20.6. The highest BCUT2D eigenvalue weighted by Crippen LogP contribution is 2.34. The summed E-state index contributed by atoms with van der Waals surface area (Å²) >= 11 is 5.95. The van der Waals surface area contributed by atoms with E-state index in [-0.39, 0.29) is 0 Å². The zero-order chi connectivity index (χ0) is 34.6. The molecular formula is C24H23ClF9N3O8. The first-order valence-corrected chi connectivity index (χ1v) is 12.4. The van der Waals surface area contributed by atoms with Crippen LogP contribution in [-0.2, 0) is 25.7 Å². The van der Waals surface area contributed by atoms with Gasteiger partial charge < -0.3 is 24.8 Å². The van der Waals surface area contributed by atoms with Gasteiger partial charge in [-0.2, -0.15) is 39.5 Å². The molecule has 0 aliphatic carbocycles. The van der Waals surface area contributed by atoms with Gasteiger partial charge >= 0.3 is 36.4 Å². The van der Waals surface area contributed by atoms with Crippen molar-refractivity contribution in [2.75, 3.05) is 26.3 Å². The number of fused-ring (bicyclic) bond motifs is 1. The Hall–Kier alpha value is -3.91. The van der Waals surface area contributed by atoms with Gasteiger partial charge in [0.25, 0.3) is 0 Å². The van der Waals surface area contributed by atoms with Crippen molar-refractivity contribution in [3.05, 3.63) is 53.6 Å². The topological polar surface area (TPSA) is 159 Å². The predicted molar refractivity (Wildman–Crippen MR) is 132 cm³/mol. The van der Waals surface area contributed by atoms with E-state index < -0.39 is 36.4 Å². The Morgan fingerprint density at radius 1 is 0.889 bits per heavy atom. The van der Waals surface area contributed by atoms with Crippen LogP contribution in [0.4, 0.5) is 39.5 Å². The summed E-state index contributed by atoms with van der Waals surface area (Å²) in [4.78, 5) is 37.4. The van der Waals surface area contributed by atoms with Crippen LogP contribution in [0, 0.1) is 11.8 Å². The molecule has 0 radical (unpaired) electrons. The lowest BCUT2D eigenvalue weighted by molar-refractivity contribution is -0.193. The highest BCUT2D eigenvalue weighted by atomic mass is 35.5. The lowest BCUT2D eigenvalue weighted by atomic mass is 9.94. The number of hydrogen-bond acceptors (Lipinski definition) is 8. The molecule has 21 heteroatoms. The van der Waals surface area contributed by atoms with Gasteiger partial charge in [-0.15, -0.1) is 0 Å². The van der Waals surface area contributed by atoms with Crippen molar-refractivity contribution in [1.29, 1.82) is 0 Å². The molecule has 2 aliphatic heterocycles. The first-order valence-electron chi connectivity index (χ1n) is 12.0. The van der Waals surface area contributed by atoms with Crippen molar-refractivity contribution in [1.82, 2.24) is 14.9 Å². The first kappa shape index (κ1) is 39.1. The second-order valence-electron chi connectivity index (χ2n) is 8.91. The van der Waals surface area contributed by atoms with Gasteiger partial charge in [0.1, 0.15) is 5.75 Å². The Bertz CT molecular complexity index is 1190. The van der Waals surface area contributed by atoms with Gasteiger partial charge in [0.05, 0.1) is 30.5 Å². The van der Waals surface area contributed by atoms with E-state index in [0.29, 0.717) is 29.6 Å². The fraction of sp³-hybridized carbons (Fsp3) is 0.458. The largest absolute Gasteiger partial charge is 0.492 e. The fourth-order valence-corrected chi connectivity index (χ4v) is 3.77. The molecule has 0 amide bonds. The molecule has 2 fully saturated rings. The van der Waals surface area contributed by atoms with E-state index in [9.17, 15) is 39.5 Å². The summed E-state index contributed by atoms with van der Waals surface area (Å²) in [7, 11) is 0. The number of carboxylic acids is 3. The summed E-state index contributed by atoms with van der Waals surface area (Å²) < 4.78 is 107. The molecule has 4 heterocycles. The van der Waals surface area contributed by atoms with E-state index in [2.05, 4.69) is 20.9 Å². The third-order valence-corrected chi connectivity index (χ3v) is 5.72. The number of hydrogen-bond donors (Lipinski definition) is 3. The number of nitrogens with zero attached hydrogens (tertiary/aromatic N) is 3. The van der Waals surface area contributed by atoms with Gasteiger partial charge in [-0.3, -0.25) is 14.9 Å². The predicted octanol–water partition coefficient (Wildman–Crippen LogP) is 4.56. The van der Waals surface area contributed by atoms with Crippen LogP contribution in [-0.4, -0.2) is 99.0 Å². The molecule has 3 atom stereocenters. The fourth-order valence-electron chi connectivity index (χ4n) is 3.61. The third-order valence-electron chi connectivity index (χ3n) is 5.51. The highest BCUT2D eigenvalue weighted by molar-refractivity contribution is 6.30. The van der Waals surface area contributed by atoms with Crippen molar-refractivity contribution in [3.8, 4) is 5.75 Å². The Morgan fingerprint density at radius 3 is 1.87 bits per heavy atom. The van der Waals surface area contributed by atoms with Crippen LogP contribution in [0.1, 0.15) is 5.56 Å². The van der Waals surface area contributed by atoms with Gasteiger partial charge in [0.2, 0.25) is 0 Å². The molecule has 2 saturated heterocycles. The van der Waals surface area contributed by atoms with Gasteiger partial charge in [-0.05, 0) is 11.6 Å². The van der Waals surface area contributed by atoms with Crippen LogP contribution in [0.2, 0.25) is 5.02 Å². The number of aliphatic carboxylic acids is 3. The number of rotatable bonds is 5. The highest BCUT2D eigenvalue weighted by Gasteiger charge is 2.44. The molecule has 252 valence electrons. The van der Waals surface area contributed by atoms with E-state index in [0.717, 1.165) is 32.0 Å². The molecule has 11 nitrogen and oxygen atoms in total. The Labute approximate surface area is 252 Å². The molecule has 2 aromatic heterocycles. The number of likely N-dealkylation sites (tertiary alicyclic amines) is 1. The number of ether oxygens (including phenoxy) is 2. The second-order valence-corrected chi connectivity index (χ2v) is 9.35. The average Bonchev–Trinajstić information content (AvgIpc) is 3.48. The van der Waals surface area contributed by atoms with Gasteiger partial charge in [0.15, 0.2) is 0 Å². The van der Waals surface area contributed by atoms with E-state index in [1.807, 2.05) is 18.5 Å². The van der Waals surface area contributed by atoms with Crippen LogP contribution in [0.15, 0.2) is 43.0 Å². The second kappa shape index (κ2) is 17.0. The van der Waals surface area contributed by atoms with Crippen molar-refractivity contribution in [3.63, 3.8) is 0 Å². The quantitative estimate of drug-likeness (QED) is 0.379. The minimum absolute atomic E-state index is 0.313. The maximum absolute atomic E-state index is 10.6. The van der Waals surface area contributed by atoms with Crippen molar-refractivity contribution in [2.45, 2.75) is 31.2 Å². The smallest absolute Gasteiger partial charge is 0.490 e. The maximum Gasteiger partial charge on any atom is 0.490 e. The number of halogens is 10. The molecule has 0 unspecified atom stereocenters. The standard InChI is InChI=1S/C18H20ClN3O2.3C2HF3O2/c19-15-4-16(7-21-6-15)23-11-14-12-24-18-10-22(9-17(14)18)8-13-2-1-3-20-5-13;3*3-2(4,5)1(6)7/h1-7,14,17-18H,8-12H2;3*(H,6,7)/t14-,17-,18-;;;/m1.../s1. The van der Waals surface area contributed by atoms with Crippen LogP contribution in [0.3, 0.4) is 0 Å². The monoisotopic (exact) mass is 687 g/mol. The van der Waals surface area contributed by atoms with Crippen molar-refractivity contribution >= 4 is 29.5 Å². The minimum atomic E-state index is -5.08. The number of carboxylic acid groups (broad SMARTS) is 3. The van der Waals surface area contributed by atoms with Gasteiger partial charge in [-0.1, -0.05) is 17.7 Å². The molecule has 0 spiro atoms. The molecule has 3 N–H and O–H groups in total. The molecular weight excluding hydrogens is 665 g/mol. The number of pyridine rings is 2. The SMILES string of the molecule is Clc1cncc(OC[C@@H]2CO[C@@H]3CN(Cc4cccnc4)C[C@H]23)c1.O=C(O)C(F)(F)F.O=C(O)C(F)(F)F.O=C(O)C(F)(F)F. The average molecular weight is 688 g/mol. The van der Waals surface area contributed by atoms with Crippen molar-refractivity contribution in [2.24, 2.45) is 11.8 Å². The molecule has 0 saturated carbocycles.